The molecule has 0 aromatic carbocycles. The Hall–Kier alpha value is -1.88. The van der Waals surface area contributed by atoms with Gasteiger partial charge in [0.25, 0.3) is 0 Å². The topological polar surface area (TPSA) is 57.5 Å². The molecule has 1 aromatic rings. The van der Waals surface area contributed by atoms with Gasteiger partial charge >= 0.3 is 0 Å². The lowest BCUT2D eigenvalue weighted by atomic mass is 10.0. The number of carbonyl (C=O) groups is 1. The van der Waals surface area contributed by atoms with Gasteiger partial charge in [0.1, 0.15) is 5.69 Å². The van der Waals surface area contributed by atoms with Crippen LogP contribution in [0.15, 0.2) is 23.1 Å². The van der Waals surface area contributed by atoms with E-state index in [9.17, 15) is 9.59 Å². The number of unbranched alkanes of at least 4 members (excludes halogenated alkanes) is 14. The second-order valence-corrected chi connectivity index (χ2v) is 10.0. The van der Waals surface area contributed by atoms with Crippen LogP contribution in [0, 0.1) is 0 Å². The SMILES string of the molecule is CCCCCCCCCCCCCCCCC=Cn1ccc(=O)c(OC2CCCCO2)c1C(C)=O. The molecular weight excluding hydrogens is 438 g/mol. The summed E-state index contributed by atoms with van der Waals surface area (Å²) < 4.78 is 13.2. The summed E-state index contributed by atoms with van der Waals surface area (Å²) in [5.74, 6) is -0.0808. The van der Waals surface area contributed by atoms with Crippen LogP contribution in [0.2, 0.25) is 0 Å². The van der Waals surface area contributed by atoms with Crippen LogP contribution in [0.1, 0.15) is 140 Å². The molecule has 5 nitrogen and oxygen atoms in total. The molecule has 0 bridgehead atoms. The number of carbonyl (C=O) groups excluding carboxylic acids is 1. The summed E-state index contributed by atoms with van der Waals surface area (Å²) in [5.41, 5.74) is 0.0184. The van der Waals surface area contributed by atoms with Crippen molar-refractivity contribution in [2.75, 3.05) is 6.61 Å². The Morgan fingerprint density at radius 3 is 2.11 bits per heavy atom. The summed E-state index contributed by atoms with van der Waals surface area (Å²) in [7, 11) is 0. The Morgan fingerprint density at radius 2 is 1.57 bits per heavy atom. The third kappa shape index (κ3) is 12.1. The Morgan fingerprint density at radius 1 is 0.971 bits per heavy atom. The van der Waals surface area contributed by atoms with Crippen molar-refractivity contribution in [1.29, 1.82) is 0 Å². The fourth-order valence-electron chi connectivity index (χ4n) is 4.69. The first-order valence-corrected chi connectivity index (χ1v) is 14.3. The van der Waals surface area contributed by atoms with Crippen LogP contribution in [0.5, 0.6) is 5.75 Å². The zero-order chi connectivity index (χ0) is 25.1. The Bertz CT molecular complexity index is 792. The molecule has 35 heavy (non-hydrogen) atoms. The van der Waals surface area contributed by atoms with Gasteiger partial charge < -0.3 is 14.0 Å². The van der Waals surface area contributed by atoms with E-state index in [-0.39, 0.29) is 17.0 Å². The van der Waals surface area contributed by atoms with Gasteiger partial charge in [-0.15, -0.1) is 0 Å². The number of pyridine rings is 1. The molecular formula is C30H49NO4. The summed E-state index contributed by atoms with van der Waals surface area (Å²) in [6.45, 7) is 4.37. The maximum atomic E-state index is 12.4. The molecule has 1 aliphatic rings. The largest absolute Gasteiger partial charge is 0.458 e. The molecule has 1 atom stereocenters. The van der Waals surface area contributed by atoms with Crippen LogP contribution in [0.3, 0.4) is 0 Å². The van der Waals surface area contributed by atoms with Crippen molar-refractivity contribution in [3.05, 3.63) is 34.3 Å². The molecule has 1 saturated heterocycles. The molecule has 1 aliphatic heterocycles. The van der Waals surface area contributed by atoms with Crippen molar-refractivity contribution in [2.45, 2.75) is 136 Å². The van der Waals surface area contributed by atoms with Crippen molar-refractivity contribution < 1.29 is 14.3 Å². The highest BCUT2D eigenvalue weighted by atomic mass is 16.7. The molecule has 198 valence electrons. The maximum Gasteiger partial charge on any atom is 0.224 e. The molecule has 0 saturated carbocycles. The van der Waals surface area contributed by atoms with Crippen molar-refractivity contribution in [2.24, 2.45) is 0 Å². The molecule has 2 heterocycles. The van der Waals surface area contributed by atoms with Crippen molar-refractivity contribution >= 4 is 12.0 Å². The highest BCUT2D eigenvalue weighted by Crippen LogP contribution is 2.21. The first kappa shape index (κ1) is 29.4. The average Bonchev–Trinajstić information content (AvgIpc) is 2.86. The number of hydrogen-bond acceptors (Lipinski definition) is 4. The third-order valence-electron chi connectivity index (χ3n) is 6.79. The summed E-state index contributed by atoms with van der Waals surface area (Å²) in [6.07, 6.45) is 27.8. The van der Waals surface area contributed by atoms with Gasteiger partial charge in [0.15, 0.2) is 17.8 Å². The van der Waals surface area contributed by atoms with E-state index in [0.29, 0.717) is 12.3 Å². The number of hydrogen-bond donors (Lipinski definition) is 0. The highest BCUT2D eigenvalue weighted by molar-refractivity contribution is 5.95. The zero-order valence-corrected chi connectivity index (χ0v) is 22.4. The lowest BCUT2D eigenvalue weighted by molar-refractivity contribution is -0.106. The van der Waals surface area contributed by atoms with Crippen LogP contribution in [0.25, 0.3) is 6.20 Å². The normalized spacial score (nSPS) is 16.1. The highest BCUT2D eigenvalue weighted by Gasteiger charge is 2.22. The molecule has 0 amide bonds. The number of aromatic nitrogens is 1. The predicted octanol–water partition coefficient (Wildman–Crippen LogP) is 8.30. The molecule has 0 N–H and O–H groups in total. The van der Waals surface area contributed by atoms with Gasteiger partial charge in [-0.3, -0.25) is 9.59 Å². The molecule has 2 rings (SSSR count). The number of allylic oxidation sites excluding steroid dienone is 1. The van der Waals surface area contributed by atoms with E-state index in [0.717, 1.165) is 32.1 Å². The average molecular weight is 488 g/mol. The van der Waals surface area contributed by atoms with Crippen LogP contribution in [0.4, 0.5) is 0 Å². The standard InChI is InChI=1S/C30H49NO4/c1-3-4-5-6-7-8-9-10-11-12-13-14-15-16-17-19-23-31-24-22-27(33)30(29(31)26(2)32)35-28-21-18-20-25-34-28/h19,22-24,28H,3-18,20-21,25H2,1-2H3. The zero-order valence-electron chi connectivity index (χ0n) is 22.4. The molecule has 0 aliphatic carbocycles. The van der Waals surface area contributed by atoms with E-state index in [1.807, 2.05) is 6.20 Å². The van der Waals surface area contributed by atoms with Crippen LogP contribution in [-0.2, 0) is 4.74 Å². The second kappa shape index (κ2) is 18.4. The number of nitrogens with zero attached hydrogens (tertiary/aromatic N) is 1. The van der Waals surface area contributed by atoms with Gasteiger partial charge in [-0.1, -0.05) is 96.5 Å². The molecule has 0 spiro atoms. The van der Waals surface area contributed by atoms with E-state index in [4.69, 9.17) is 9.47 Å². The summed E-state index contributed by atoms with van der Waals surface area (Å²) in [5, 5.41) is 0. The molecule has 1 fully saturated rings. The fourth-order valence-corrected chi connectivity index (χ4v) is 4.69. The fraction of sp³-hybridized carbons (Fsp3) is 0.733. The van der Waals surface area contributed by atoms with Gasteiger partial charge in [-0.05, 0) is 25.7 Å². The minimum absolute atomic E-state index is 0.105. The van der Waals surface area contributed by atoms with E-state index in [1.54, 1.807) is 10.8 Å². The first-order valence-electron chi connectivity index (χ1n) is 14.3. The van der Waals surface area contributed by atoms with Gasteiger partial charge in [-0.2, -0.15) is 0 Å². The second-order valence-electron chi connectivity index (χ2n) is 10.0. The monoisotopic (exact) mass is 487 g/mol. The van der Waals surface area contributed by atoms with Crippen molar-refractivity contribution in [1.82, 2.24) is 4.57 Å². The maximum absolute atomic E-state index is 12.4. The number of ketones is 1. The summed E-state index contributed by atoms with van der Waals surface area (Å²) in [4.78, 5) is 24.8. The van der Waals surface area contributed by atoms with Gasteiger partial charge in [0, 0.05) is 31.8 Å². The van der Waals surface area contributed by atoms with Crippen LogP contribution >= 0.6 is 0 Å². The van der Waals surface area contributed by atoms with Crippen molar-refractivity contribution in [3.8, 4) is 5.75 Å². The molecule has 1 unspecified atom stereocenters. The number of rotatable bonds is 19. The Labute approximate surface area is 213 Å². The van der Waals surface area contributed by atoms with Gasteiger partial charge in [0.05, 0.1) is 6.61 Å². The lowest BCUT2D eigenvalue weighted by Gasteiger charge is -2.24. The van der Waals surface area contributed by atoms with E-state index in [2.05, 4.69) is 13.0 Å². The molecule has 1 aromatic heterocycles. The Balaban J connectivity index is 1.63. The summed E-state index contributed by atoms with van der Waals surface area (Å²) >= 11 is 0. The predicted molar refractivity (Wildman–Crippen MR) is 145 cm³/mol. The van der Waals surface area contributed by atoms with E-state index >= 15 is 0 Å². The van der Waals surface area contributed by atoms with Gasteiger partial charge in [0.2, 0.25) is 5.43 Å². The number of ether oxygens (including phenoxy) is 2. The molecule has 0 radical (unpaired) electrons. The number of Topliss-reactive ketones (excluding diaryl/α,β-unsaturated/α-hetero) is 1. The van der Waals surface area contributed by atoms with E-state index < -0.39 is 6.29 Å². The summed E-state index contributed by atoms with van der Waals surface area (Å²) in [6, 6.07) is 1.46. The smallest absolute Gasteiger partial charge is 0.224 e. The Kier molecular flexibility index (Phi) is 15.4. The van der Waals surface area contributed by atoms with Gasteiger partial charge in [-0.25, -0.2) is 0 Å². The van der Waals surface area contributed by atoms with Crippen LogP contribution in [-0.4, -0.2) is 23.2 Å². The van der Waals surface area contributed by atoms with Crippen LogP contribution < -0.4 is 10.2 Å². The van der Waals surface area contributed by atoms with Crippen molar-refractivity contribution in [3.63, 3.8) is 0 Å². The molecule has 5 heteroatoms. The minimum Gasteiger partial charge on any atom is -0.458 e. The minimum atomic E-state index is -0.454. The quantitative estimate of drug-likeness (QED) is 0.145. The third-order valence-corrected chi connectivity index (χ3v) is 6.79. The first-order chi connectivity index (χ1) is 17.1. The van der Waals surface area contributed by atoms with E-state index in [1.165, 1.54) is 96.5 Å². The lowest BCUT2D eigenvalue weighted by Crippen LogP contribution is -2.29.